The Bertz CT molecular complexity index is 723. The third kappa shape index (κ3) is 7.16. The molecule has 2 fully saturated rings. The number of esters is 2. The SMILES string of the molecule is CCOC(=O)C1CCC(=O)N1C(=O)NCCCCCCNC(=O)N1C(=O)CCC1C(=O)OCC. The van der Waals surface area contributed by atoms with E-state index in [4.69, 9.17) is 9.47 Å². The first-order valence-corrected chi connectivity index (χ1v) is 11.8. The maximum atomic E-state index is 12.3. The van der Waals surface area contributed by atoms with Crippen LogP contribution in [0.2, 0.25) is 0 Å². The van der Waals surface area contributed by atoms with E-state index in [0.29, 0.717) is 25.9 Å². The van der Waals surface area contributed by atoms with Gasteiger partial charge in [0.2, 0.25) is 11.8 Å². The van der Waals surface area contributed by atoms with E-state index in [9.17, 15) is 28.8 Å². The number of hydrogen-bond acceptors (Lipinski definition) is 8. The number of carbonyl (C=O) groups excluding carboxylic acids is 6. The molecule has 2 N–H and O–H groups in total. The molecule has 2 saturated heterocycles. The molecule has 34 heavy (non-hydrogen) atoms. The second-order valence-electron chi connectivity index (χ2n) is 8.02. The summed E-state index contributed by atoms with van der Waals surface area (Å²) in [6, 6.07) is -2.94. The van der Waals surface area contributed by atoms with Crippen LogP contribution in [-0.4, -0.2) is 84.0 Å². The topological polar surface area (TPSA) is 151 Å². The van der Waals surface area contributed by atoms with Crippen molar-refractivity contribution in [3.63, 3.8) is 0 Å². The van der Waals surface area contributed by atoms with Crippen molar-refractivity contribution < 1.29 is 38.2 Å². The number of hydrogen-bond donors (Lipinski definition) is 2. The molecule has 2 unspecified atom stereocenters. The van der Waals surface area contributed by atoms with Crippen LogP contribution in [0.1, 0.15) is 65.2 Å². The van der Waals surface area contributed by atoms with Gasteiger partial charge in [-0.05, 0) is 39.5 Å². The Hall–Kier alpha value is -3.18. The minimum Gasteiger partial charge on any atom is -0.464 e. The van der Waals surface area contributed by atoms with Gasteiger partial charge >= 0.3 is 24.0 Å². The molecule has 12 nitrogen and oxygen atoms in total. The standard InChI is InChI=1S/C22H34N4O8/c1-3-33-19(29)15-9-11-17(27)25(15)21(31)23-13-7-5-6-8-14-24-22(32)26-16(10-12-18(26)28)20(30)34-4-2/h15-16H,3-14H2,1-2H3,(H,23,31)(H,24,32). The van der Waals surface area contributed by atoms with Crippen molar-refractivity contribution >= 4 is 35.8 Å². The Morgan fingerprint density at radius 2 is 1.12 bits per heavy atom. The van der Waals surface area contributed by atoms with Gasteiger partial charge in [0, 0.05) is 25.9 Å². The summed E-state index contributed by atoms with van der Waals surface area (Å²) in [5.41, 5.74) is 0. The van der Waals surface area contributed by atoms with E-state index in [-0.39, 0.29) is 38.9 Å². The number of urea groups is 2. The van der Waals surface area contributed by atoms with Crippen molar-refractivity contribution in [1.29, 1.82) is 0 Å². The Morgan fingerprint density at radius 3 is 1.47 bits per heavy atom. The van der Waals surface area contributed by atoms with Gasteiger partial charge in [0.15, 0.2) is 0 Å². The normalized spacial score (nSPS) is 19.8. The summed E-state index contributed by atoms with van der Waals surface area (Å²) in [5.74, 6) is -1.94. The van der Waals surface area contributed by atoms with Crippen LogP contribution in [0.25, 0.3) is 0 Å². The smallest absolute Gasteiger partial charge is 0.329 e. The third-order valence-corrected chi connectivity index (χ3v) is 5.63. The fourth-order valence-electron chi connectivity index (χ4n) is 3.96. The van der Waals surface area contributed by atoms with E-state index >= 15 is 0 Å². The molecule has 2 heterocycles. The van der Waals surface area contributed by atoms with E-state index in [1.54, 1.807) is 13.8 Å². The molecular weight excluding hydrogens is 448 g/mol. The Balaban J connectivity index is 1.62. The zero-order chi connectivity index (χ0) is 25.1. The zero-order valence-corrected chi connectivity index (χ0v) is 19.8. The number of ether oxygens (including phenoxy) is 2. The number of likely N-dealkylation sites (tertiary alicyclic amines) is 2. The lowest BCUT2D eigenvalue weighted by molar-refractivity contribution is -0.150. The lowest BCUT2D eigenvalue weighted by Gasteiger charge is -2.22. The van der Waals surface area contributed by atoms with Crippen LogP contribution >= 0.6 is 0 Å². The molecule has 0 saturated carbocycles. The highest BCUT2D eigenvalue weighted by molar-refractivity contribution is 6.02. The van der Waals surface area contributed by atoms with Crippen LogP contribution in [0.5, 0.6) is 0 Å². The first kappa shape index (κ1) is 27.1. The number of nitrogens with zero attached hydrogens (tertiary/aromatic N) is 2. The van der Waals surface area contributed by atoms with Crippen molar-refractivity contribution in [2.75, 3.05) is 26.3 Å². The Morgan fingerprint density at radius 1 is 0.735 bits per heavy atom. The molecule has 2 aliphatic heterocycles. The van der Waals surface area contributed by atoms with Crippen LogP contribution in [0.4, 0.5) is 9.59 Å². The van der Waals surface area contributed by atoms with Gasteiger partial charge in [0.25, 0.3) is 0 Å². The number of unbranched alkanes of at least 4 members (excludes halogenated alkanes) is 3. The van der Waals surface area contributed by atoms with Crippen molar-refractivity contribution in [3.8, 4) is 0 Å². The van der Waals surface area contributed by atoms with Gasteiger partial charge in [0.05, 0.1) is 13.2 Å². The van der Waals surface area contributed by atoms with Gasteiger partial charge in [-0.1, -0.05) is 12.8 Å². The Kier molecular flexibility index (Phi) is 10.8. The number of amides is 6. The maximum absolute atomic E-state index is 12.3. The summed E-state index contributed by atoms with van der Waals surface area (Å²) in [4.78, 5) is 74.4. The van der Waals surface area contributed by atoms with E-state index in [2.05, 4.69) is 10.6 Å². The number of carbonyl (C=O) groups is 6. The summed E-state index contributed by atoms with van der Waals surface area (Å²) in [5, 5.41) is 5.32. The van der Waals surface area contributed by atoms with Gasteiger partial charge in [-0.25, -0.2) is 29.0 Å². The molecule has 2 rings (SSSR count). The van der Waals surface area contributed by atoms with Gasteiger partial charge in [-0.2, -0.15) is 0 Å². The molecule has 0 aliphatic carbocycles. The fourth-order valence-corrected chi connectivity index (χ4v) is 3.96. The highest BCUT2D eigenvalue weighted by Gasteiger charge is 2.42. The highest BCUT2D eigenvalue weighted by atomic mass is 16.5. The average molecular weight is 483 g/mol. The summed E-state index contributed by atoms with van der Waals surface area (Å²) >= 11 is 0. The maximum Gasteiger partial charge on any atom is 0.329 e. The number of imide groups is 2. The predicted molar refractivity (Wildman–Crippen MR) is 118 cm³/mol. The van der Waals surface area contributed by atoms with Gasteiger partial charge in [0.1, 0.15) is 12.1 Å². The summed E-state index contributed by atoms with van der Waals surface area (Å²) in [7, 11) is 0. The minimum absolute atomic E-state index is 0.131. The van der Waals surface area contributed by atoms with Crippen molar-refractivity contribution in [2.45, 2.75) is 77.3 Å². The average Bonchev–Trinajstić information content (AvgIpc) is 3.38. The van der Waals surface area contributed by atoms with E-state index in [0.717, 1.165) is 22.6 Å². The largest absolute Gasteiger partial charge is 0.464 e. The molecule has 0 aromatic carbocycles. The molecule has 0 aromatic heterocycles. The predicted octanol–water partition coefficient (Wildman–Crippen LogP) is 1.07. The molecule has 190 valence electrons. The molecule has 0 bridgehead atoms. The molecule has 0 radical (unpaired) electrons. The molecule has 0 spiro atoms. The first-order chi connectivity index (χ1) is 16.3. The first-order valence-electron chi connectivity index (χ1n) is 11.8. The van der Waals surface area contributed by atoms with E-state index < -0.39 is 47.9 Å². The highest BCUT2D eigenvalue weighted by Crippen LogP contribution is 2.21. The van der Waals surface area contributed by atoms with Crippen molar-refractivity contribution in [1.82, 2.24) is 20.4 Å². The van der Waals surface area contributed by atoms with Crippen LogP contribution in [0, 0.1) is 0 Å². The van der Waals surface area contributed by atoms with Gasteiger partial charge < -0.3 is 20.1 Å². The van der Waals surface area contributed by atoms with Crippen LogP contribution < -0.4 is 10.6 Å². The molecule has 2 aliphatic rings. The lowest BCUT2D eigenvalue weighted by Crippen LogP contribution is -2.48. The number of nitrogens with one attached hydrogen (secondary N) is 2. The quantitative estimate of drug-likeness (QED) is 0.328. The summed E-state index contributed by atoms with van der Waals surface area (Å²) in [6.45, 7) is 4.37. The lowest BCUT2D eigenvalue weighted by atomic mass is 10.2. The monoisotopic (exact) mass is 482 g/mol. The van der Waals surface area contributed by atoms with Crippen LogP contribution in [-0.2, 0) is 28.7 Å². The molecular formula is C22H34N4O8. The van der Waals surface area contributed by atoms with Crippen molar-refractivity contribution in [3.05, 3.63) is 0 Å². The van der Waals surface area contributed by atoms with Gasteiger partial charge in [-0.3, -0.25) is 9.59 Å². The van der Waals surface area contributed by atoms with Crippen molar-refractivity contribution in [2.24, 2.45) is 0 Å². The fraction of sp³-hybridized carbons (Fsp3) is 0.727. The summed E-state index contributed by atoms with van der Waals surface area (Å²) in [6.07, 6.45) is 3.63. The van der Waals surface area contributed by atoms with E-state index in [1.807, 2.05) is 0 Å². The third-order valence-electron chi connectivity index (χ3n) is 5.63. The molecule has 12 heteroatoms. The van der Waals surface area contributed by atoms with Gasteiger partial charge in [-0.15, -0.1) is 0 Å². The zero-order valence-electron chi connectivity index (χ0n) is 19.8. The Labute approximate surface area is 198 Å². The molecule has 6 amide bonds. The molecule has 0 aromatic rings. The second-order valence-corrected chi connectivity index (χ2v) is 8.02. The number of rotatable bonds is 11. The van der Waals surface area contributed by atoms with Crippen LogP contribution in [0.15, 0.2) is 0 Å². The minimum atomic E-state index is -0.873. The molecule has 2 atom stereocenters. The van der Waals surface area contributed by atoms with Crippen LogP contribution in [0.3, 0.4) is 0 Å². The second kappa shape index (κ2) is 13.5. The summed E-state index contributed by atoms with van der Waals surface area (Å²) < 4.78 is 9.86. The van der Waals surface area contributed by atoms with E-state index in [1.165, 1.54) is 0 Å².